The van der Waals surface area contributed by atoms with E-state index < -0.39 is 18.1 Å². The van der Waals surface area contributed by atoms with Gasteiger partial charge in [0, 0.05) is 0 Å². The van der Waals surface area contributed by atoms with Gasteiger partial charge in [-0.25, -0.2) is 4.84 Å². The van der Waals surface area contributed by atoms with Gasteiger partial charge in [0.2, 0.25) is 0 Å². The fourth-order valence-electron chi connectivity index (χ4n) is 2.57. The number of piperidine rings is 1. The molecule has 20 heavy (non-hydrogen) atoms. The van der Waals surface area contributed by atoms with Crippen LogP contribution < -0.4 is 5.32 Å². The number of carbonyl (C=O) groups is 2. The summed E-state index contributed by atoms with van der Waals surface area (Å²) in [4.78, 5) is 29.3. The Balaban J connectivity index is 1.73. The molecule has 2 amide bonds. The number of hydrogen-bond donors (Lipinski definition) is 2. The molecule has 2 heterocycles. The van der Waals surface area contributed by atoms with Crippen LogP contribution in [0.15, 0.2) is 24.3 Å². The molecule has 3 rings (SSSR count). The third-order valence-electron chi connectivity index (χ3n) is 3.66. The summed E-state index contributed by atoms with van der Waals surface area (Å²) >= 11 is 0. The fraction of sp³-hybridized carbons (Fsp3) is 0.429. The van der Waals surface area contributed by atoms with Crippen LogP contribution in [0.1, 0.15) is 40.0 Å². The lowest BCUT2D eigenvalue weighted by Gasteiger charge is -2.29. The summed E-state index contributed by atoms with van der Waals surface area (Å²) in [6.45, 7) is 0.799. The quantitative estimate of drug-likeness (QED) is 0.627. The van der Waals surface area contributed by atoms with Gasteiger partial charge in [-0.05, 0) is 31.5 Å². The molecule has 2 N–H and O–H groups in total. The van der Waals surface area contributed by atoms with Crippen LogP contribution in [0.25, 0.3) is 0 Å². The number of aliphatic hydroxyl groups is 1. The second-order valence-electron chi connectivity index (χ2n) is 5.00. The standard InChI is InChI=1S/C14H16N2O4/c17-12-9-5-1-2-6-10(9)13(18)16(12)20-14(19)11-7-3-4-8-15-11/h1-2,5-6,11,14-15,19H,3-4,7-8H2. The highest BCUT2D eigenvalue weighted by Crippen LogP contribution is 2.24. The van der Waals surface area contributed by atoms with Crippen molar-refractivity contribution in [1.82, 2.24) is 10.4 Å². The normalized spacial score (nSPS) is 23.9. The van der Waals surface area contributed by atoms with Crippen LogP contribution in [0.2, 0.25) is 0 Å². The summed E-state index contributed by atoms with van der Waals surface area (Å²) in [6, 6.07) is 6.27. The molecule has 0 saturated carbocycles. The number of benzene rings is 1. The van der Waals surface area contributed by atoms with Gasteiger partial charge >= 0.3 is 0 Å². The zero-order valence-electron chi connectivity index (χ0n) is 10.9. The second kappa shape index (κ2) is 5.32. The molecule has 106 valence electrons. The minimum absolute atomic E-state index is 0.256. The highest BCUT2D eigenvalue weighted by atomic mass is 16.8. The topological polar surface area (TPSA) is 78.9 Å². The Labute approximate surface area is 116 Å². The van der Waals surface area contributed by atoms with Gasteiger partial charge in [0.1, 0.15) is 0 Å². The Morgan fingerprint density at radius 3 is 2.40 bits per heavy atom. The summed E-state index contributed by atoms with van der Waals surface area (Å²) in [5, 5.41) is 13.8. The lowest BCUT2D eigenvalue weighted by Crippen LogP contribution is -2.48. The highest BCUT2D eigenvalue weighted by molar-refractivity contribution is 6.20. The largest absolute Gasteiger partial charge is 0.365 e. The molecule has 0 radical (unpaired) electrons. The van der Waals surface area contributed by atoms with E-state index in [1.165, 1.54) is 0 Å². The third kappa shape index (κ3) is 2.22. The van der Waals surface area contributed by atoms with Gasteiger partial charge < -0.3 is 10.4 Å². The van der Waals surface area contributed by atoms with E-state index in [2.05, 4.69) is 5.32 Å². The molecule has 1 aromatic carbocycles. The van der Waals surface area contributed by atoms with Crippen LogP contribution in [0.4, 0.5) is 0 Å². The predicted molar refractivity (Wildman–Crippen MR) is 69.7 cm³/mol. The molecular weight excluding hydrogens is 260 g/mol. The molecular formula is C14H16N2O4. The maximum Gasteiger partial charge on any atom is 0.285 e. The lowest BCUT2D eigenvalue weighted by atomic mass is 10.1. The van der Waals surface area contributed by atoms with Crippen molar-refractivity contribution >= 4 is 11.8 Å². The molecule has 0 aliphatic carbocycles. The van der Waals surface area contributed by atoms with Crippen molar-refractivity contribution in [3.8, 4) is 0 Å². The molecule has 2 aliphatic heterocycles. The van der Waals surface area contributed by atoms with E-state index in [-0.39, 0.29) is 6.04 Å². The maximum absolute atomic E-state index is 12.1. The van der Waals surface area contributed by atoms with Crippen LogP contribution in [0.5, 0.6) is 0 Å². The van der Waals surface area contributed by atoms with Crippen molar-refractivity contribution < 1.29 is 19.5 Å². The smallest absolute Gasteiger partial charge is 0.285 e. The molecule has 2 unspecified atom stereocenters. The van der Waals surface area contributed by atoms with Gasteiger partial charge in [0.05, 0.1) is 17.2 Å². The molecule has 6 heteroatoms. The van der Waals surface area contributed by atoms with E-state index in [1.54, 1.807) is 24.3 Å². The SMILES string of the molecule is O=C1c2ccccc2C(=O)N1OC(O)C1CCCCN1. The number of hydroxylamine groups is 2. The minimum atomic E-state index is -1.21. The zero-order chi connectivity index (χ0) is 14.1. The van der Waals surface area contributed by atoms with Crippen molar-refractivity contribution in [2.75, 3.05) is 6.54 Å². The van der Waals surface area contributed by atoms with Gasteiger partial charge in [-0.15, -0.1) is 5.06 Å². The molecule has 1 saturated heterocycles. The van der Waals surface area contributed by atoms with Crippen molar-refractivity contribution in [2.24, 2.45) is 0 Å². The number of imide groups is 1. The van der Waals surface area contributed by atoms with E-state index in [9.17, 15) is 14.7 Å². The van der Waals surface area contributed by atoms with Gasteiger partial charge in [-0.1, -0.05) is 18.6 Å². The number of carbonyl (C=O) groups excluding carboxylic acids is 2. The molecule has 1 fully saturated rings. The van der Waals surface area contributed by atoms with Crippen LogP contribution >= 0.6 is 0 Å². The Morgan fingerprint density at radius 2 is 1.85 bits per heavy atom. The first-order valence-electron chi connectivity index (χ1n) is 6.74. The Hall–Kier alpha value is -1.76. The maximum atomic E-state index is 12.1. The summed E-state index contributed by atoms with van der Waals surface area (Å²) in [5.41, 5.74) is 0.614. The summed E-state index contributed by atoms with van der Waals surface area (Å²) in [5.74, 6) is -1.05. The first kappa shape index (κ1) is 13.2. The number of hydrogen-bond acceptors (Lipinski definition) is 5. The zero-order valence-corrected chi connectivity index (χ0v) is 10.9. The fourth-order valence-corrected chi connectivity index (χ4v) is 2.57. The number of rotatable bonds is 3. The van der Waals surface area contributed by atoms with Crippen LogP contribution in [-0.2, 0) is 4.84 Å². The third-order valence-corrected chi connectivity index (χ3v) is 3.66. The van der Waals surface area contributed by atoms with Crippen molar-refractivity contribution in [1.29, 1.82) is 0 Å². The van der Waals surface area contributed by atoms with Crippen LogP contribution in [0.3, 0.4) is 0 Å². The van der Waals surface area contributed by atoms with Gasteiger partial charge in [-0.2, -0.15) is 0 Å². The average Bonchev–Trinajstić information content (AvgIpc) is 2.74. The number of fused-ring (bicyclic) bond motifs is 1. The van der Waals surface area contributed by atoms with Crippen molar-refractivity contribution in [3.63, 3.8) is 0 Å². The molecule has 6 nitrogen and oxygen atoms in total. The van der Waals surface area contributed by atoms with Gasteiger partial charge in [-0.3, -0.25) is 9.59 Å². The van der Waals surface area contributed by atoms with Crippen molar-refractivity contribution in [2.45, 2.75) is 31.6 Å². The summed E-state index contributed by atoms with van der Waals surface area (Å²) in [6.07, 6.45) is 1.58. The van der Waals surface area contributed by atoms with Crippen molar-refractivity contribution in [3.05, 3.63) is 35.4 Å². The summed E-state index contributed by atoms with van der Waals surface area (Å²) in [7, 11) is 0. The predicted octanol–water partition coefficient (Wildman–Crippen LogP) is 0.675. The molecule has 2 aliphatic rings. The second-order valence-corrected chi connectivity index (χ2v) is 5.00. The van der Waals surface area contributed by atoms with E-state index in [0.29, 0.717) is 16.2 Å². The molecule has 2 atom stereocenters. The number of nitrogens with zero attached hydrogens (tertiary/aromatic N) is 1. The molecule has 0 aromatic heterocycles. The number of amides is 2. The van der Waals surface area contributed by atoms with E-state index in [4.69, 9.17) is 4.84 Å². The Bertz CT molecular complexity index is 505. The van der Waals surface area contributed by atoms with E-state index in [0.717, 1.165) is 25.8 Å². The Morgan fingerprint density at radius 1 is 1.20 bits per heavy atom. The first-order chi connectivity index (χ1) is 9.68. The Kier molecular flexibility index (Phi) is 3.52. The monoisotopic (exact) mass is 276 g/mol. The average molecular weight is 276 g/mol. The lowest BCUT2D eigenvalue weighted by molar-refractivity contribution is -0.225. The van der Waals surface area contributed by atoms with Gasteiger partial charge in [0.25, 0.3) is 11.8 Å². The van der Waals surface area contributed by atoms with Crippen LogP contribution in [0, 0.1) is 0 Å². The number of nitrogens with one attached hydrogen (secondary N) is 1. The van der Waals surface area contributed by atoms with E-state index >= 15 is 0 Å². The number of aliphatic hydroxyl groups excluding tert-OH is 1. The molecule has 0 spiro atoms. The minimum Gasteiger partial charge on any atom is -0.365 e. The first-order valence-corrected chi connectivity index (χ1v) is 6.74. The van der Waals surface area contributed by atoms with Crippen LogP contribution in [-0.4, -0.2) is 40.9 Å². The molecule has 0 bridgehead atoms. The molecule has 1 aromatic rings. The summed E-state index contributed by atoms with van der Waals surface area (Å²) < 4.78 is 0. The highest BCUT2D eigenvalue weighted by Gasteiger charge is 2.39. The van der Waals surface area contributed by atoms with E-state index in [1.807, 2.05) is 0 Å². The van der Waals surface area contributed by atoms with Gasteiger partial charge in [0.15, 0.2) is 6.29 Å².